The van der Waals surface area contributed by atoms with E-state index in [4.69, 9.17) is 10.9 Å². The van der Waals surface area contributed by atoms with E-state index in [-0.39, 0.29) is 5.92 Å². The first kappa shape index (κ1) is 12.8. The third-order valence-electron chi connectivity index (χ3n) is 3.40. The average Bonchev–Trinajstić information content (AvgIpc) is 2.85. The molecule has 3 N–H and O–H groups in total. The maximum atomic E-state index is 8.73. The summed E-state index contributed by atoms with van der Waals surface area (Å²) in [6.07, 6.45) is 3.62. The first-order valence-electron chi connectivity index (χ1n) is 6.31. The first-order chi connectivity index (χ1) is 8.74. The number of nitrogens with two attached hydrogens (primary N) is 1. The van der Waals surface area contributed by atoms with Gasteiger partial charge < -0.3 is 10.9 Å². The van der Waals surface area contributed by atoms with Crippen LogP contribution in [-0.4, -0.2) is 43.8 Å². The van der Waals surface area contributed by atoms with Crippen molar-refractivity contribution in [1.82, 2.24) is 19.7 Å². The van der Waals surface area contributed by atoms with Crippen LogP contribution in [0.3, 0.4) is 0 Å². The highest BCUT2D eigenvalue weighted by Gasteiger charge is 2.24. The van der Waals surface area contributed by atoms with E-state index in [0.29, 0.717) is 5.84 Å². The fourth-order valence-corrected chi connectivity index (χ4v) is 2.40. The number of rotatable bonds is 4. The van der Waals surface area contributed by atoms with Crippen LogP contribution >= 0.6 is 0 Å². The molecule has 1 saturated heterocycles. The Morgan fingerprint density at radius 3 is 3.22 bits per heavy atom. The van der Waals surface area contributed by atoms with Crippen molar-refractivity contribution in [1.29, 1.82) is 0 Å². The summed E-state index contributed by atoms with van der Waals surface area (Å²) in [7, 11) is 0. The zero-order valence-corrected chi connectivity index (χ0v) is 10.7. The number of oxime groups is 1. The molecule has 1 aliphatic heterocycles. The van der Waals surface area contributed by atoms with Crippen LogP contribution < -0.4 is 5.73 Å². The Hall–Kier alpha value is -1.63. The van der Waals surface area contributed by atoms with Crippen LogP contribution in [0.15, 0.2) is 11.5 Å². The summed E-state index contributed by atoms with van der Waals surface area (Å²) in [5.74, 6) is 1.44. The number of hydrogen-bond acceptors (Lipinski definition) is 5. The molecule has 1 aliphatic rings. The number of hydrogen-bond donors (Lipinski definition) is 2. The molecule has 0 amide bonds. The maximum absolute atomic E-state index is 8.73. The van der Waals surface area contributed by atoms with E-state index < -0.39 is 0 Å². The molecule has 18 heavy (non-hydrogen) atoms. The van der Waals surface area contributed by atoms with Gasteiger partial charge in [-0.15, -0.1) is 0 Å². The fraction of sp³-hybridized carbons (Fsp3) is 0.727. The van der Waals surface area contributed by atoms with E-state index in [0.717, 1.165) is 44.8 Å². The summed E-state index contributed by atoms with van der Waals surface area (Å²) >= 11 is 0. The van der Waals surface area contributed by atoms with Gasteiger partial charge in [-0.2, -0.15) is 5.10 Å². The zero-order chi connectivity index (χ0) is 13.0. The minimum absolute atomic E-state index is 0.141. The van der Waals surface area contributed by atoms with E-state index in [2.05, 4.69) is 20.1 Å². The molecule has 0 bridgehead atoms. The summed E-state index contributed by atoms with van der Waals surface area (Å²) in [6.45, 7) is 5.47. The summed E-state index contributed by atoms with van der Waals surface area (Å²) in [5, 5.41) is 16.0. The molecular formula is C11H20N6O. The summed E-state index contributed by atoms with van der Waals surface area (Å²) in [4.78, 5) is 6.55. The molecule has 1 atom stereocenters. The van der Waals surface area contributed by atoms with Crippen molar-refractivity contribution in [2.75, 3.05) is 13.1 Å². The van der Waals surface area contributed by atoms with Gasteiger partial charge in [0.15, 0.2) is 0 Å². The minimum Gasteiger partial charge on any atom is -0.409 e. The molecule has 2 heterocycles. The second kappa shape index (κ2) is 5.81. The molecule has 7 heteroatoms. The molecule has 1 fully saturated rings. The fourth-order valence-electron chi connectivity index (χ4n) is 2.40. The van der Waals surface area contributed by atoms with E-state index in [9.17, 15) is 0 Å². The Kier molecular flexibility index (Phi) is 4.14. The molecular weight excluding hydrogens is 232 g/mol. The van der Waals surface area contributed by atoms with Crippen molar-refractivity contribution >= 4 is 5.84 Å². The van der Waals surface area contributed by atoms with Gasteiger partial charge in [-0.25, -0.2) is 9.67 Å². The van der Waals surface area contributed by atoms with Gasteiger partial charge in [0.25, 0.3) is 0 Å². The Balaban J connectivity index is 1.97. The topological polar surface area (TPSA) is 92.6 Å². The Morgan fingerprint density at radius 2 is 2.50 bits per heavy atom. The van der Waals surface area contributed by atoms with Crippen molar-refractivity contribution in [2.45, 2.75) is 32.9 Å². The number of likely N-dealkylation sites (tertiary alicyclic amines) is 1. The Labute approximate surface area is 106 Å². The van der Waals surface area contributed by atoms with Gasteiger partial charge in [-0.1, -0.05) is 5.16 Å². The van der Waals surface area contributed by atoms with E-state index in [1.807, 2.05) is 11.6 Å². The molecule has 7 nitrogen and oxygen atoms in total. The third-order valence-corrected chi connectivity index (χ3v) is 3.40. The number of piperidine rings is 1. The lowest BCUT2D eigenvalue weighted by atomic mass is 9.97. The average molecular weight is 252 g/mol. The largest absolute Gasteiger partial charge is 0.409 e. The van der Waals surface area contributed by atoms with Gasteiger partial charge in [0.05, 0.1) is 6.54 Å². The van der Waals surface area contributed by atoms with Gasteiger partial charge >= 0.3 is 0 Å². The van der Waals surface area contributed by atoms with Crippen molar-refractivity contribution in [3.8, 4) is 0 Å². The Bertz CT molecular complexity index is 415. The van der Waals surface area contributed by atoms with Crippen molar-refractivity contribution in [2.24, 2.45) is 16.8 Å². The van der Waals surface area contributed by atoms with Crippen molar-refractivity contribution < 1.29 is 5.21 Å². The second-order valence-corrected chi connectivity index (χ2v) is 4.59. The van der Waals surface area contributed by atoms with E-state index >= 15 is 0 Å². The lowest BCUT2D eigenvalue weighted by molar-refractivity contribution is 0.186. The van der Waals surface area contributed by atoms with E-state index in [1.54, 1.807) is 6.33 Å². The highest BCUT2D eigenvalue weighted by atomic mass is 16.4. The van der Waals surface area contributed by atoms with Gasteiger partial charge in [-0.05, 0) is 26.3 Å². The van der Waals surface area contributed by atoms with Crippen LogP contribution in [0.2, 0.25) is 0 Å². The molecule has 0 aliphatic carbocycles. The predicted molar refractivity (Wildman–Crippen MR) is 67.1 cm³/mol. The summed E-state index contributed by atoms with van der Waals surface area (Å²) in [6, 6.07) is 0. The third kappa shape index (κ3) is 2.79. The van der Waals surface area contributed by atoms with Crippen LogP contribution in [0.1, 0.15) is 25.6 Å². The SMILES string of the molecule is CCn1ncnc1CN1CCCC(C(N)=NO)C1. The smallest absolute Gasteiger partial charge is 0.143 e. The van der Waals surface area contributed by atoms with Gasteiger partial charge in [0, 0.05) is 19.0 Å². The van der Waals surface area contributed by atoms with Gasteiger partial charge in [-0.3, -0.25) is 4.90 Å². The van der Waals surface area contributed by atoms with Crippen molar-refractivity contribution in [3.05, 3.63) is 12.2 Å². The molecule has 100 valence electrons. The number of amidine groups is 1. The standard InChI is InChI=1S/C11H20N6O/c1-2-17-10(13-8-14-17)7-16-5-3-4-9(6-16)11(12)15-18/h8-9,18H,2-7H2,1H3,(H2,12,15). The van der Waals surface area contributed by atoms with Crippen LogP contribution in [0.4, 0.5) is 0 Å². The lowest BCUT2D eigenvalue weighted by Gasteiger charge is -2.31. The Morgan fingerprint density at radius 1 is 1.67 bits per heavy atom. The molecule has 1 aromatic heterocycles. The summed E-state index contributed by atoms with van der Waals surface area (Å²) < 4.78 is 1.90. The lowest BCUT2D eigenvalue weighted by Crippen LogP contribution is -2.41. The van der Waals surface area contributed by atoms with Gasteiger partial charge in [0.2, 0.25) is 0 Å². The van der Waals surface area contributed by atoms with Gasteiger partial charge in [0.1, 0.15) is 18.0 Å². The van der Waals surface area contributed by atoms with E-state index in [1.165, 1.54) is 0 Å². The minimum atomic E-state index is 0.141. The molecule has 0 aromatic carbocycles. The molecule has 1 unspecified atom stereocenters. The maximum Gasteiger partial charge on any atom is 0.143 e. The number of nitrogens with zero attached hydrogens (tertiary/aromatic N) is 5. The highest BCUT2D eigenvalue weighted by Crippen LogP contribution is 2.18. The second-order valence-electron chi connectivity index (χ2n) is 4.59. The van der Waals surface area contributed by atoms with Crippen LogP contribution in [-0.2, 0) is 13.1 Å². The van der Waals surface area contributed by atoms with Crippen LogP contribution in [0.25, 0.3) is 0 Å². The quantitative estimate of drug-likeness (QED) is 0.347. The number of aromatic nitrogens is 3. The predicted octanol–water partition coefficient (Wildman–Crippen LogP) is 0.256. The highest BCUT2D eigenvalue weighted by molar-refractivity contribution is 5.82. The molecule has 2 rings (SSSR count). The molecule has 0 saturated carbocycles. The monoisotopic (exact) mass is 252 g/mol. The number of aryl methyl sites for hydroxylation is 1. The normalized spacial score (nSPS) is 22.3. The first-order valence-corrected chi connectivity index (χ1v) is 6.31. The van der Waals surface area contributed by atoms with Crippen LogP contribution in [0.5, 0.6) is 0 Å². The molecule has 1 aromatic rings. The molecule has 0 spiro atoms. The summed E-state index contributed by atoms with van der Waals surface area (Å²) in [5.41, 5.74) is 5.68. The van der Waals surface area contributed by atoms with Crippen molar-refractivity contribution in [3.63, 3.8) is 0 Å². The zero-order valence-electron chi connectivity index (χ0n) is 10.7. The van der Waals surface area contributed by atoms with Crippen LogP contribution in [0, 0.1) is 5.92 Å². The molecule has 0 radical (unpaired) electrons.